The summed E-state index contributed by atoms with van der Waals surface area (Å²) in [6, 6.07) is -0.457. The number of carbonyl (C=O) groups is 1. The van der Waals surface area contributed by atoms with Gasteiger partial charge in [0.25, 0.3) is 0 Å². The van der Waals surface area contributed by atoms with Crippen molar-refractivity contribution in [1.82, 2.24) is 0 Å². The van der Waals surface area contributed by atoms with Gasteiger partial charge >= 0.3 is 0 Å². The predicted octanol–water partition coefficient (Wildman–Crippen LogP) is -1.39. The van der Waals surface area contributed by atoms with Crippen molar-refractivity contribution in [2.75, 3.05) is 6.54 Å². The number of hydrogen-bond acceptors (Lipinski definition) is 4. The number of aliphatic hydroxyl groups excluding tert-OH is 1. The number of carbonyl (C=O) groups excluding carboxylic acids is 1. The second-order valence-electron chi connectivity index (χ2n) is 2.27. The van der Waals surface area contributed by atoms with E-state index in [1.54, 1.807) is 0 Å². The van der Waals surface area contributed by atoms with E-state index in [9.17, 15) is 4.79 Å². The van der Waals surface area contributed by atoms with Crippen LogP contribution in [0.1, 0.15) is 12.8 Å². The van der Waals surface area contributed by atoms with Crippen LogP contribution in [0.15, 0.2) is 0 Å². The van der Waals surface area contributed by atoms with Crippen molar-refractivity contribution in [2.24, 2.45) is 11.5 Å². The van der Waals surface area contributed by atoms with Gasteiger partial charge in [0.05, 0.1) is 12.1 Å². The lowest BCUT2D eigenvalue weighted by Crippen LogP contribution is -2.26. The summed E-state index contributed by atoms with van der Waals surface area (Å²) < 4.78 is 0. The topological polar surface area (TPSA) is 89.3 Å². The van der Waals surface area contributed by atoms with Crippen LogP contribution in [0.4, 0.5) is 0 Å². The molecule has 10 heavy (non-hydrogen) atoms. The van der Waals surface area contributed by atoms with E-state index in [4.69, 9.17) is 16.6 Å². The smallest absolute Gasteiger partial charge is 0.136 e. The minimum Gasteiger partial charge on any atom is -0.392 e. The number of aliphatic hydroxyl groups is 1. The summed E-state index contributed by atoms with van der Waals surface area (Å²) in [6.45, 7) is 0.228. The zero-order chi connectivity index (χ0) is 7.98. The molecule has 0 aromatic heterocycles. The van der Waals surface area contributed by atoms with E-state index in [2.05, 4.69) is 0 Å². The Labute approximate surface area is 60.2 Å². The van der Waals surface area contributed by atoms with Crippen LogP contribution in [-0.2, 0) is 4.79 Å². The molecule has 0 aromatic rings. The maximum atomic E-state index is 9.97. The molecule has 4 nitrogen and oxygen atoms in total. The van der Waals surface area contributed by atoms with Gasteiger partial charge in [0.15, 0.2) is 0 Å². The van der Waals surface area contributed by atoms with E-state index in [0.29, 0.717) is 19.1 Å². The fourth-order valence-corrected chi connectivity index (χ4v) is 0.571. The molecule has 0 aliphatic heterocycles. The Morgan fingerprint density at radius 2 is 2.10 bits per heavy atom. The van der Waals surface area contributed by atoms with Crippen molar-refractivity contribution >= 4 is 6.29 Å². The van der Waals surface area contributed by atoms with Crippen LogP contribution in [0, 0.1) is 0 Å². The third kappa shape index (κ3) is 4.43. The van der Waals surface area contributed by atoms with Crippen molar-refractivity contribution in [2.45, 2.75) is 25.0 Å². The summed E-state index contributed by atoms with van der Waals surface area (Å²) in [4.78, 5) is 9.97. The molecule has 5 N–H and O–H groups in total. The van der Waals surface area contributed by atoms with Gasteiger partial charge in [0.1, 0.15) is 6.29 Å². The fourth-order valence-electron chi connectivity index (χ4n) is 0.571. The molecule has 4 heteroatoms. The third-order valence-corrected chi connectivity index (χ3v) is 1.28. The average Bonchev–Trinajstić information content (AvgIpc) is 1.99. The molecular formula is C6H14N2O2. The maximum absolute atomic E-state index is 9.97. The SMILES string of the molecule is NCC(O)CCC(N)C=O. The zero-order valence-corrected chi connectivity index (χ0v) is 5.86. The normalized spacial score (nSPS) is 16.3. The third-order valence-electron chi connectivity index (χ3n) is 1.28. The van der Waals surface area contributed by atoms with E-state index >= 15 is 0 Å². The molecule has 0 aromatic carbocycles. The van der Waals surface area contributed by atoms with Crippen molar-refractivity contribution in [1.29, 1.82) is 0 Å². The molecule has 0 aliphatic rings. The lowest BCUT2D eigenvalue weighted by Gasteiger charge is -2.07. The van der Waals surface area contributed by atoms with E-state index in [1.165, 1.54) is 0 Å². The summed E-state index contributed by atoms with van der Waals surface area (Å²) >= 11 is 0. The number of hydrogen-bond donors (Lipinski definition) is 3. The summed E-state index contributed by atoms with van der Waals surface area (Å²) in [5, 5.41) is 8.91. The minimum atomic E-state index is -0.522. The Morgan fingerprint density at radius 1 is 1.50 bits per heavy atom. The van der Waals surface area contributed by atoms with Gasteiger partial charge in [-0.15, -0.1) is 0 Å². The van der Waals surface area contributed by atoms with E-state index in [1.807, 2.05) is 0 Å². The molecular weight excluding hydrogens is 132 g/mol. The van der Waals surface area contributed by atoms with Gasteiger partial charge in [0.2, 0.25) is 0 Å². The van der Waals surface area contributed by atoms with Gasteiger partial charge in [-0.25, -0.2) is 0 Å². The van der Waals surface area contributed by atoms with Crippen molar-refractivity contribution in [3.05, 3.63) is 0 Å². The van der Waals surface area contributed by atoms with Crippen molar-refractivity contribution < 1.29 is 9.90 Å². The van der Waals surface area contributed by atoms with Crippen LogP contribution in [0.25, 0.3) is 0 Å². The molecule has 0 aliphatic carbocycles. The molecule has 0 spiro atoms. The summed E-state index contributed by atoms with van der Waals surface area (Å²) in [5.41, 5.74) is 10.4. The first-order chi connectivity index (χ1) is 4.70. The molecule has 0 bridgehead atoms. The highest BCUT2D eigenvalue weighted by molar-refractivity contribution is 5.56. The molecule has 60 valence electrons. The Balaban J connectivity index is 3.25. The minimum absolute atomic E-state index is 0.228. The summed E-state index contributed by atoms with van der Waals surface area (Å²) in [7, 11) is 0. The summed E-state index contributed by atoms with van der Waals surface area (Å²) in [5.74, 6) is 0. The lowest BCUT2D eigenvalue weighted by atomic mass is 10.1. The van der Waals surface area contributed by atoms with Gasteiger partial charge in [-0.3, -0.25) is 0 Å². The first-order valence-corrected chi connectivity index (χ1v) is 3.29. The molecule has 0 fully saturated rings. The molecule has 2 unspecified atom stereocenters. The van der Waals surface area contributed by atoms with Gasteiger partial charge < -0.3 is 21.4 Å². The Hall–Kier alpha value is -0.450. The Bertz CT molecular complexity index is 97.7. The van der Waals surface area contributed by atoms with Crippen LogP contribution >= 0.6 is 0 Å². The van der Waals surface area contributed by atoms with Crippen LogP contribution in [0.3, 0.4) is 0 Å². The molecule has 0 saturated heterocycles. The number of aldehydes is 1. The van der Waals surface area contributed by atoms with Gasteiger partial charge in [-0.1, -0.05) is 0 Å². The maximum Gasteiger partial charge on any atom is 0.136 e. The largest absolute Gasteiger partial charge is 0.392 e. The van der Waals surface area contributed by atoms with Gasteiger partial charge in [0, 0.05) is 6.54 Å². The van der Waals surface area contributed by atoms with Crippen LogP contribution in [0.5, 0.6) is 0 Å². The molecule has 0 heterocycles. The number of rotatable bonds is 5. The molecule has 2 atom stereocenters. The Morgan fingerprint density at radius 3 is 2.50 bits per heavy atom. The second kappa shape index (κ2) is 5.34. The second-order valence-corrected chi connectivity index (χ2v) is 2.27. The first kappa shape index (κ1) is 9.55. The highest BCUT2D eigenvalue weighted by Crippen LogP contribution is 1.96. The zero-order valence-electron chi connectivity index (χ0n) is 5.86. The summed E-state index contributed by atoms with van der Waals surface area (Å²) in [6.07, 6.45) is 1.15. The lowest BCUT2D eigenvalue weighted by molar-refractivity contribution is -0.109. The van der Waals surface area contributed by atoms with Crippen LogP contribution in [-0.4, -0.2) is 30.1 Å². The standard InChI is InChI=1S/C6H14N2O2/c7-3-6(10)2-1-5(8)4-9/h4-6,10H,1-3,7-8H2. The first-order valence-electron chi connectivity index (χ1n) is 3.29. The molecule has 0 amide bonds. The fraction of sp³-hybridized carbons (Fsp3) is 0.833. The van der Waals surface area contributed by atoms with E-state index in [0.717, 1.165) is 0 Å². The monoisotopic (exact) mass is 146 g/mol. The van der Waals surface area contributed by atoms with E-state index in [-0.39, 0.29) is 6.54 Å². The van der Waals surface area contributed by atoms with Gasteiger partial charge in [-0.05, 0) is 12.8 Å². The van der Waals surface area contributed by atoms with Crippen LogP contribution in [0.2, 0.25) is 0 Å². The molecule has 0 rings (SSSR count). The molecule has 0 radical (unpaired) electrons. The van der Waals surface area contributed by atoms with Gasteiger partial charge in [-0.2, -0.15) is 0 Å². The van der Waals surface area contributed by atoms with Crippen molar-refractivity contribution in [3.63, 3.8) is 0 Å². The van der Waals surface area contributed by atoms with Crippen LogP contribution < -0.4 is 11.5 Å². The average molecular weight is 146 g/mol. The highest BCUT2D eigenvalue weighted by atomic mass is 16.3. The Kier molecular flexibility index (Phi) is 5.10. The predicted molar refractivity (Wildman–Crippen MR) is 38.3 cm³/mol. The van der Waals surface area contributed by atoms with Crippen molar-refractivity contribution in [3.8, 4) is 0 Å². The number of nitrogens with two attached hydrogens (primary N) is 2. The van der Waals surface area contributed by atoms with E-state index < -0.39 is 12.1 Å². The molecule has 0 saturated carbocycles. The quantitative estimate of drug-likeness (QED) is 0.417. The highest BCUT2D eigenvalue weighted by Gasteiger charge is 2.04.